The molecule has 5 aromatic rings. The van der Waals surface area contributed by atoms with Gasteiger partial charge in [-0.05, 0) is 54.1 Å². The van der Waals surface area contributed by atoms with E-state index in [1.807, 2.05) is 30.3 Å². The van der Waals surface area contributed by atoms with Crippen molar-refractivity contribution in [3.63, 3.8) is 0 Å². The van der Waals surface area contributed by atoms with E-state index in [2.05, 4.69) is 27.0 Å². The monoisotopic (exact) mass is 603 g/mol. The van der Waals surface area contributed by atoms with E-state index in [0.717, 1.165) is 5.56 Å². The molecule has 0 unspecified atom stereocenters. The Morgan fingerprint density at radius 2 is 1.64 bits per heavy atom. The molecule has 0 aliphatic heterocycles. The lowest BCUT2D eigenvalue weighted by Gasteiger charge is -2.16. The molecule has 5 rings (SSSR count). The first-order chi connectivity index (χ1) is 22.0. The number of anilines is 3. The zero-order valence-electron chi connectivity index (χ0n) is 24.5. The Kier molecular flexibility index (Phi) is 9.57. The third-order valence-electron chi connectivity index (χ3n) is 6.60. The number of amides is 2. The zero-order valence-corrected chi connectivity index (χ0v) is 24.5. The van der Waals surface area contributed by atoms with E-state index in [1.165, 1.54) is 20.4 Å². The van der Waals surface area contributed by atoms with Crippen molar-refractivity contribution in [1.82, 2.24) is 10.3 Å². The van der Waals surface area contributed by atoms with Crippen molar-refractivity contribution >= 4 is 40.0 Å². The van der Waals surface area contributed by atoms with Crippen molar-refractivity contribution in [2.75, 3.05) is 31.4 Å². The smallest absolute Gasteiger partial charge is 0.412 e. The Morgan fingerprint density at radius 3 is 2.36 bits per heavy atom. The zero-order chi connectivity index (χ0) is 31.6. The van der Waals surface area contributed by atoms with Crippen molar-refractivity contribution in [3.05, 3.63) is 108 Å². The number of hydrogen-bond acceptors (Lipinski definition) is 9. The lowest BCUT2D eigenvalue weighted by Crippen LogP contribution is -2.24. The van der Waals surface area contributed by atoms with Gasteiger partial charge in [-0.3, -0.25) is 15.1 Å². The number of carbonyl (C=O) groups excluding carboxylic acids is 2. The molecule has 0 aliphatic carbocycles. The van der Waals surface area contributed by atoms with Crippen LogP contribution in [-0.2, 0) is 16.1 Å². The summed E-state index contributed by atoms with van der Waals surface area (Å²) < 4.78 is 22.5. The van der Waals surface area contributed by atoms with Crippen LogP contribution in [0.25, 0.3) is 10.9 Å². The topological polar surface area (TPSA) is 144 Å². The summed E-state index contributed by atoms with van der Waals surface area (Å²) in [5, 5.41) is 19.0. The highest BCUT2D eigenvalue weighted by atomic mass is 16.5. The molecule has 45 heavy (non-hydrogen) atoms. The fourth-order valence-electron chi connectivity index (χ4n) is 4.32. The lowest BCUT2D eigenvalue weighted by molar-refractivity contribution is -0.122. The van der Waals surface area contributed by atoms with Crippen molar-refractivity contribution < 1.29 is 28.5 Å². The number of aromatic nitrogens is 1. The van der Waals surface area contributed by atoms with E-state index in [0.29, 0.717) is 56.5 Å². The first-order valence-electron chi connectivity index (χ1n) is 13.8. The van der Waals surface area contributed by atoms with Crippen LogP contribution in [0, 0.1) is 11.3 Å². The molecule has 1 aromatic heterocycles. The van der Waals surface area contributed by atoms with Gasteiger partial charge in [0.2, 0.25) is 0 Å². The number of pyridine rings is 1. The molecule has 4 aromatic carbocycles. The molecule has 11 heteroatoms. The van der Waals surface area contributed by atoms with Gasteiger partial charge in [0.15, 0.2) is 18.1 Å². The molecule has 0 fully saturated rings. The van der Waals surface area contributed by atoms with Gasteiger partial charge in [-0.2, -0.15) is 5.26 Å². The third-order valence-corrected chi connectivity index (χ3v) is 6.60. The van der Waals surface area contributed by atoms with Crippen LogP contribution in [-0.4, -0.2) is 37.7 Å². The van der Waals surface area contributed by atoms with Gasteiger partial charge in [0.1, 0.15) is 24.2 Å². The number of hydrogen-bond donors (Lipinski definition) is 3. The molecule has 0 saturated heterocycles. The number of para-hydroxylation sites is 2. The van der Waals surface area contributed by atoms with Crippen LogP contribution in [0.1, 0.15) is 11.1 Å². The highest BCUT2D eigenvalue weighted by Crippen LogP contribution is 2.37. The van der Waals surface area contributed by atoms with Gasteiger partial charge in [-0.1, -0.05) is 42.5 Å². The number of rotatable bonds is 11. The number of fused-ring (bicyclic) bond motifs is 1. The highest BCUT2D eigenvalue weighted by Gasteiger charge is 2.16. The van der Waals surface area contributed by atoms with Crippen LogP contribution in [0.5, 0.6) is 23.0 Å². The minimum Gasteiger partial charge on any atom is -0.495 e. The summed E-state index contributed by atoms with van der Waals surface area (Å²) in [5.74, 6) is 1.52. The molecule has 11 nitrogen and oxygen atoms in total. The largest absolute Gasteiger partial charge is 0.495 e. The van der Waals surface area contributed by atoms with E-state index in [4.69, 9.17) is 18.9 Å². The summed E-state index contributed by atoms with van der Waals surface area (Å²) in [6, 6.07) is 29.1. The van der Waals surface area contributed by atoms with Crippen LogP contribution < -0.4 is 30.2 Å². The fourth-order valence-corrected chi connectivity index (χ4v) is 4.32. The van der Waals surface area contributed by atoms with E-state index in [-0.39, 0.29) is 19.1 Å². The van der Waals surface area contributed by atoms with Crippen LogP contribution in [0.15, 0.2) is 97.2 Å². The Balaban J connectivity index is 1.34. The SMILES string of the molecule is CNC(=O)COc1ccccc1Oc1ccc(Nc2c(C#N)cnc3cc(NC(=O)OCc4ccccc4)c(OC)cc23)cc1. The molecular weight excluding hydrogens is 574 g/mol. The Hall–Kier alpha value is -6.28. The number of methoxy groups -OCH3 is 1. The minimum atomic E-state index is -0.647. The summed E-state index contributed by atoms with van der Waals surface area (Å²) in [6.45, 7) is -0.0241. The standard InChI is InChI=1S/C34H29N5O6/c1-36-32(40)21-43-29-10-6-7-11-30(29)45-25-14-12-24(13-15-25)38-33-23(18-35)19-37-27-17-28(31(42-2)16-26(27)33)39-34(41)44-20-22-8-4-3-5-9-22/h3-17,19H,20-21H2,1-2H3,(H,36,40)(H,37,38)(H,39,41). The number of likely N-dealkylation sites (N-methyl/N-ethyl adjacent to an activating group) is 1. The number of nitriles is 1. The van der Waals surface area contributed by atoms with Crippen LogP contribution in [0.2, 0.25) is 0 Å². The second-order valence-electron chi connectivity index (χ2n) is 9.58. The van der Waals surface area contributed by atoms with Crippen LogP contribution in [0.3, 0.4) is 0 Å². The molecule has 0 bridgehead atoms. The van der Waals surface area contributed by atoms with Gasteiger partial charge >= 0.3 is 6.09 Å². The predicted molar refractivity (Wildman–Crippen MR) is 169 cm³/mol. The number of benzene rings is 4. The second kappa shape index (κ2) is 14.3. The Morgan fingerprint density at radius 1 is 0.911 bits per heavy atom. The number of nitrogens with one attached hydrogen (secondary N) is 3. The van der Waals surface area contributed by atoms with Crippen molar-refractivity contribution in [3.8, 4) is 29.1 Å². The molecule has 0 atom stereocenters. The van der Waals surface area contributed by atoms with Gasteiger partial charge < -0.3 is 29.6 Å². The molecule has 0 aliphatic rings. The minimum absolute atomic E-state index is 0.113. The molecule has 226 valence electrons. The molecule has 0 radical (unpaired) electrons. The maximum absolute atomic E-state index is 12.5. The van der Waals surface area contributed by atoms with Gasteiger partial charge in [-0.15, -0.1) is 0 Å². The Bertz CT molecular complexity index is 1860. The summed E-state index contributed by atoms with van der Waals surface area (Å²) in [7, 11) is 3.02. The molecular formula is C34H29N5O6. The fraction of sp³-hybridized carbons (Fsp3) is 0.118. The molecule has 0 spiro atoms. The maximum Gasteiger partial charge on any atom is 0.412 e. The van der Waals surface area contributed by atoms with Crippen molar-refractivity contribution in [2.45, 2.75) is 6.61 Å². The summed E-state index contributed by atoms with van der Waals surface area (Å²) in [6.07, 6.45) is 0.813. The number of ether oxygens (including phenoxy) is 4. The van der Waals surface area contributed by atoms with E-state index >= 15 is 0 Å². The molecule has 1 heterocycles. The first kappa shape index (κ1) is 30.2. The lowest BCUT2D eigenvalue weighted by atomic mass is 10.1. The molecule has 3 N–H and O–H groups in total. The second-order valence-corrected chi connectivity index (χ2v) is 9.58. The van der Waals surface area contributed by atoms with Gasteiger partial charge in [0.25, 0.3) is 5.91 Å². The normalized spacial score (nSPS) is 10.3. The summed E-state index contributed by atoms with van der Waals surface area (Å²) >= 11 is 0. The number of carbonyl (C=O) groups is 2. The summed E-state index contributed by atoms with van der Waals surface area (Å²) in [5.41, 5.74) is 3.25. The predicted octanol–water partition coefficient (Wildman–Crippen LogP) is 6.52. The third kappa shape index (κ3) is 7.57. The summed E-state index contributed by atoms with van der Waals surface area (Å²) in [4.78, 5) is 28.6. The van der Waals surface area contributed by atoms with Gasteiger partial charge in [0.05, 0.1) is 29.6 Å². The molecule has 0 saturated carbocycles. The van der Waals surface area contributed by atoms with Crippen LogP contribution in [0.4, 0.5) is 21.9 Å². The van der Waals surface area contributed by atoms with E-state index < -0.39 is 6.09 Å². The van der Waals surface area contributed by atoms with Gasteiger partial charge in [-0.25, -0.2) is 4.79 Å². The first-order valence-corrected chi connectivity index (χ1v) is 13.8. The Labute approximate surface area is 259 Å². The van der Waals surface area contributed by atoms with Crippen molar-refractivity contribution in [2.24, 2.45) is 0 Å². The van der Waals surface area contributed by atoms with E-state index in [1.54, 1.807) is 60.7 Å². The average Bonchev–Trinajstić information content (AvgIpc) is 3.08. The highest BCUT2D eigenvalue weighted by molar-refractivity contribution is 6.00. The van der Waals surface area contributed by atoms with E-state index in [9.17, 15) is 14.9 Å². The molecule has 2 amide bonds. The van der Waals surface area contributed by atoms with Crippen molar-refractivity contribution in [1.29, 1.82) is 5.26 Å². The van der Waals surface area contributed by atoms with Crippen LogP contribution >= 0.6 is 0 Å². The average molecular weight is 604 g/mol. The quantitative estimate of drug-likeness (QED) is 0.154. The van der Waals surface area contributed by atoms with Gasteiger partial charge in [0, 0.05) is 24.3 Å². The maximum atomic E-state index is 12.5. The number of nitrogens with zero attached hydrogens (tertiary/aromatic N) is 2.